The third-order valence-electron chi connectivity index (χ3n) is 5.39. The number of nitro groups is 1. The van der Waals surface area contributed by atoms with E-state index < -0.39 is 10.5 Å². The number of aromatic amines is 1. The molecule has 3 aromatic carbocycles. The summed E-state index contributed by atoms with van der Waals surface area (Å²) < 4.78 is 6.51. The average Bonchev–Trinajstić information content (AvgIpc) is 3.53. The quantitative estimate of drug-likeness (QED) is 0.138. The maximum absolute atomic E-state index is 13.4. The number of methoxy groups -OCH3 is 1. The Morgan fingerprint density at radius 1 is 1.05 bits per heavy atom. The van der Waals surface area contributed by atoms with Gasteiger partial charge in [0.2, 0.25) is 5.13 Å². The van der Waals surface area contributed by atoms with E-state index in [4.69, 9.17) is 16.3 Å². The number of ether oxygens (including phenoxy) is 1. The molecule has 5 aromatic rings. The van der Waals surface area contributed by atoms with E-state index in [1.54, 1.807) is 7.11 Å². The fraction of sp³-hybridized carbons (Fsp3) is 0.0400. The van der Waals surface area contributed by atoms with Gasteiger partial charge in [0.05, 0.1) is 29.1 Å². The number of nitrogens with one attached hydrogen (secondary N) is 1. The van der Waals surface area contributed by atoms with Gasteiger partial charge in [0.25, 0.3) is 5.69 Å². The van der Waals surface area contributed by atoms with Gasteiger partial charge in [-0.15, -0.1) is 16.5 Å². The Hall–Kier alpha value is -4.61. The van der Waals surface area contributed by atoms with Crippen LogP contribution in [0.1, 0.15) is 0 Å². The van der Waals surface area contributed by atoms with Crippen LogP contribution < -0.4 is 10.3 Å². The van der Waals surface area contributed by atoms with Crippen molar-refractivity contribution >= 4 is 40.0 Å². The predicted octanol–water partition coefficient (Wildman–Crippen LogP) is 6.94. The monoisotopic (exact) mass is 532 g/mol. The average molecular weight is 533 g/mol. The number of benzene rings is 3. The second-order valence-corrected chi connectivity index (χ2v) is 8.92. The van der Waals surface area contributed by atoms with Gasteiger partial charge in [-0.25, -0.2) is 4.98 Å². The zero-order valence-corrected chi connectivity index (χ0v) is 20.7. The number of thiazole rings is 1. The lowest BCUT2D eigenvalue weighted by Crippen LogP contribution is -2.13. The summed E-state index contributed by atoms with van der Waals surface area (Å²) in [6, 6.07) is 20.6. The molecule has 0 saturated carbocycles. The minimum absolute atomic E-state index is 0.0191. The highest BCUT2D eigenvalue weighted by Gasteiger charge is 2.19. The van der Waals surface area contributed by atoms with Crippen LogP contribution in [0.2, 0.25) is 5.02 Å². The predicted molar refractivity (Wildman–Crippen MR) is 142 cm³/mol. The van der Waals surface area contributed by atoms with E-state index in [9.17, 15) is 14.9 Å². The maximum Gasteiger partial charge on any atom is 0.301 e. The van der Waals surface area contributed by atoms with Crippen molar-refractivity contribution in [3.05, 3.63) is 104 Å². The number of hydrogen-bond donors (Lipinski definition) is 1. The summed E-state index contributed by atoms with van der Waals surface area (Å²) in [6.07, 6.45) is 0. The summed E-state index contributed by atoms with van der Waals surface area (Å²) in [5.74, 6) is 0.730. The van der Waals surface area contributed by atoms with E-state index >= 15 is 0 Å². The fourth-order valence-corrected chi connectivity index (χ4v) is 4.51. The van der Waals surface area contributed by atoms with Crippen LogP contribution in [0.3, 0.4) is 0 Å². The van der Waals surface area contributed by atoms with Crippen LogP contribution >= 0.6 is 22.9 Å². The molecule has 0 bridgehead atoms. The number of rotatable bonds is 7. The van der Waals surface area contributed by atoms with E-state index in [0.717, 1.165) is 11.3 Å². The minimum Gasteiger partial charge on any atom is -0.497 e. The Morgan fingerprint density at radius 2 is 1.81 bits per heavy atom. The van der Waals surface area contributed by atoms with Crippen LogP contribution in [0.15, 0.2) is 93.2 Å². The molecule has 0 saturated heterocycles. The van der Waals surface area contributed by atoms with Gasteiger partial charge in [0.15, 0.2) is 5.69 Å². The van der Waals surface area contributed by atoms with Crippen molar-refractivity contribution in [3.63, 3.8) is 0 Å². The van der Waals surface area contributed by atoms with E-state index in [-0.39, 0.29) is 22.1 Å². The number of hydrogen-bond acceptors (Lipinski definition) is 8. The van der Waals surface area contributed by atoms with Crippen LogP contribution in [-0.2, 0) is 0 Å². The standard InChI is InChI=1S/C25H17ClN6O4S/c1-36-18-10-7-15(8-11-18)20-14-37-25(27-20)31-24(33)23(22(30-31)16-5-3-2-4-6-16)29-28-17-9-12-19(26)21(13-17)32(34)35/h2-14,30H,1H3. The Morgan fingerprint density at radius 3 is 2.51 bits per heavy atom. The molecule has 0 radical (unpaired) electrons. The Balaban J connectivity index is 1.57. The molecule has 2 heterocycles. The first-order valence-corrected chi connectivity index (χ1v) is 12.1. The van der Waals surface area contributed by atoms with E-state index in [0.29, 0.717) is 22.1 Å². The van der Waals surface area contributed by atoms with Gasteiger partial charge < -0.3 is 4.74 Å². The van der Waals surface area contributed by atoms with E-state index in [1.165, 1.54) is 34.2 Å². The lowest BCUT2D eigenvalue weighted by Gasteiger charge is -2.00. The van der Waals surface area contributed by atoms with Crippen LogP contribution in [0, 0.1) is 10.1 Å². The minimum atomic E-state index is -0.608. The van der Waals surface area contributed by atoms with Crippen LogP contribution in [0.25, 0.3) is 27.6 Å². The normalized spacial score (nSPS) is 11.2. The smallest absolute Gasteiger partial charge is 0.301 e. The van der Waals surface area contributed by atoms with Crippen molar-refractivity contribution in [2.24, 2.45) is 10.2 Å². The van der Waals surface area contributed by atoms with Gasteiger partial charge in [-0.1, -0.05) is 41.9 Å². The van der Waals surface area contributed by atoms with E-state index in [2.05, 4.69) is 20.3 Å². The first-order valence-electron chi connectivity index (χ1n) is 10.8. The number of halogens is 1. The molecule has 2 aromatic heterocycles. The summed E-state index contributed by atoms with van der Waals surface area (Å²) in [5, 5.41) is 24.8. The van der Waals surface area contributed by atoms with Crippen molar-refractivity contribution in [3.8, 4) is 33.4 Å². The van der Waals surface area contributed by atoms with Gasteiger partial charge in [-0.05, 0) is 36.4 Å². The highest BCUT2D eigenvalue weighted by Crippen LogP contribution is 2.32. The molecule has 5 rings (SSSR count). The third kappa shape index (κ3) is 4.90. The second kappa shape index (κ2) is 10.2. The van der Waals surface area contributed by atoms with Crippen molar-refractivity contribution < 1.29 is 9.66 Å². The Kier molecular flexibility index (Phi) is 6.62. The molecule has 0 aliphatic rings. The van der Waals surface area contributed by atoms with Crippen LogP contribution in [0.4, 0.5) is 17.1 Å². The largest absolute Gasteiger partial charge is 0.497 e. The van der Waals surface area contributed by atoms with Crippen LogP contribution in [0.5, 0.6) is 5.75 Å². The van der Waals surface area contributed by atoms with Crippen molar-refractivity contribution in [1.29, 1.82) is 0 Å². The summed E-state index contributed by atoms with van der Waals surface area (Å²) in [4.78, 5) is 28.7. The summed E-state index contributed by atoms with van der Waals surface area (Å²) in [6.45, 7) is 0. The third-order valence-corrected chi connectivity index (χ3v) is 6.53. The summed E-state index contributed by atoms with van der Waals surface area (Å²) in [7, 11) is 1.60. The van der Waals surface area contributed by atoms with Gasteiger partial charge >= 0.3 is 5.56 Å². The zero-order valence-electron chi connectivity index (χ0n) is 19.2. The molecule has 0 fully saturated rings. The highest BCUT2D eigenvalue weighted by molar-refractivity contribution is 7.12. The topological polar surface area (TPSA) is 128 Å². The molecule has 37 heavy (non-hydrogen) atoms. The van der Waals surface area contributed by atoms with Crippen molar-refractivity contribution in [2.45, 2.75) is 0 Å². The van der Waals surface area contributed by atoms with Gasteiger partial charge in [0, 0.05) is 22.6 Å². The maximum atomic E-state index is 13.4. The van der Waals surface area contributed by atoms with Gasteiger partial charge in [-0.3, -0.25) is 20.0 Å². The molecule has 10 nitrogen and oxygen atoms in total. The first-order chi connectivity index (χ1) is 17.9. The molecule has 0 spiro atoms. The zero-order chi connectivity index (χ0) is 25.9. The molecule has 184 valence electrons. The lowest BCUT2D eigenvalue weighted by molar-refractivity contribution is -0.384. The molecule has 12 heteroatoms. The lowest BCUT2D eigenvalue weighted by atomic mass is 10.1. The number of nitro benzene ring substituents is 1. The Labute approximate surface area is 218 Å². The molecule has 0 aliphatic heterocycles. The van der Waals surface area contributed by atoms with E-state index in [1.807, 2.05) is 60.0 Å². The highest BCUT2D eigenvalue weighted by atomic mass is 35.5. The number of nitrogens with zero attached hydrogens (tertiary/aromatic N) is 5. The molecule has 0 amide bonds. The fourth-order valence-electron chi connectivity index (χ4n) is 3.53. The first kappa shape index (κ1) is 24.1. The number of H-pyrrole nitrogens is 1. The SMILES string of the molecule is COc1ccc(-c2csc(-n3[nH]c(-c4ccccc4)c(N=Nc4ccc(Cl)c([N+](=O)[O-])c4)c3=O)n2)cc1. The second-order valence-electron chi connectivity index (χ2n) is 7.68. The number of aromatic nitrogens is 3. The molecular formula is C25H17ClN6O4S. The van der Waals surface area contributed by atoms with Crippen molar-refractivity contribution in [2.75, 3.05) is 7.11 Å². The molecule has 0 atom stereocenters. The summed E-state index contributed by atoms with van der Waals surface area (Å²) >= 11 is 7.17. The molecule has 1 N–H and O–H groups in total. The summed E-state index contributed by atoms with van der Waals surface area (Å²) in [5.41, 5.74) is 2.14. The molecular weight excluding hydrogens is 516 g/mol. The van der Waals surface area contributed by atoms with Crippen molar-refractivity contribution in [1.82, 2.24) is 14.8 Å². The van der Waals surface area contributed by atoms with Crippen LogP contribution in [-0.4, -0.2) is 26.8 Å². The number of azo groups is 1. The van der Waals surface area contributed by atoms with Gasteiger partial charge in [-0.2, -0.15) is 9.80 Å². The molecule has 0 aliphatic carbocycles. The molecule has 0 unspecified atom stereocenters. The Bertz CT molecular complexity index is 1680. The van der Waals surface area contributed by atoms with Gasteiger partial charge in [0.1, 0.15) is 10.8 Å².